The van der Waals surface area contributed by atoms with E-state index < -0.39 is 5.92 Å². The molecule has 3 aromatic rings. The molecule has 2 amide bonds. The van der Waals surface area contributed by atoms with E-state index in [1.165, 1.54) is 4.68 Å². The fourth-order valence-corrected chi connectivity index (χ4v) is 3.72. The molecule has 8 heteroatoms. The molecule has 154 valence electrons. The third-order valence-electron chi connectivity index (χ3n) is 5.34. The smallest absolute Gasteiger partial charge is 0.274 e. The number of anilines is 1. The number of aromatic nitrogens is 2. The highest BCUT2D eigenvalue weighted by molar-refractivity contribution is 6.00. The van der Waals surface area contributed by atoms with Crippen LogP contribution in [-0.2, 0) is 23.2 Å². The van der Waals surface area contributed by atoms with Crippen LogP contribution in [0, 0.1) is 5.92 Å². The Hall–Kier alpha value is -3.68. The minimum absolute atomic E-state index is 0.0917. The van der Waals surface area contributed by atoms with Gasteiger partial charge in [0, 0.05) is 31.1 Å². The normalized spacial score (nSPS) is 16.1. The number of aryl methyl sites for hydroxylation is 1. The molecule has 1 aliphatic heterocycles. The maximum Gasteiger partial charge on any atom is 0.274 e. The predicted octanol–water partition coefficient (Wildman–Crippen LogP) is 1.61. The van der Waals surface area contributed by atoms with Crippen molar-refractivity contribution in [3.05, 3.63) is 64.6 Å². The van der Waals surface area contributed by atoms with Crippen molar-refractivity contribution in [2.45, 2.75) is 13.0 Å². The molecule has 30 heavy (non-hydrogen) atoms. The van der Waals surface area contributed by atoms with E-state index in [0.717, 1.165) is 5.69 Å². The Balaban J connectivity index is 1.46. The van der Waals surface area contributed by atoms with Gasteiger partial charge >= 0.3 is 0 Å². The second-order valence-corrected chi connectivity index (χ2v) is 7.24. The van der Waals surface area contributed by atoms with Gasteiger partial charge < -0.3 is 15.0 Å². The number of hydrogen-bond donors (Lipinski definition) is 1. The zero-order valence-corrected chi connectivity index (χ0v) is 16.8. The van der Waals surface area contributed by atoms with E-state index in [9.17, 15) is 14.4 Å². The van der Waals surface area contributed by atoms with E-state index in [-0.39, 0.29) is 30.3 Å². The number of benzene rings is 2. The molecule has 0 saturated carbocycles. The van der Waals surface area contributed by atoms with Crippen molar-refractivity contribution in [3.8, 4) is 5.75 Å². The standard InChI is InChI=1S/C22H22N4O4/c1-25-22(29)18-6-4-3-5-17(18)19(24-25)12-23-21(28)14-11-20(27)26(13-14)15-7-9-16(30-2)10-8-15/h3-10,14H,11-13H2,1-2H3,(H,23,28). The summed E-state index contributed by atoms with van der Waals surface area (Å²) in [5.74, 6) is -0.0415. The highest BCUT2D eigenvalue weighted by atomic mass is 16.5. The van der Waals surface area contributed by atoms with Crippen LogP contribution in [-0.4, -0.2) is 35.2 Å². The van der Waals surface area contributed by atoms with Crippen LogP contribution in [0.2, 0.25) is 0 Å². The first-order valence-electron chi connectivity index (χ1n) is 9.65. The third-order valence-corrected chi connectivity index (χ3v) is 5.34. The SMILES string of the molecule is COc1ccc(N2CC(C(=O)NCc3nn(C)c(=O)c4ccccc34)CC2=O)cc1. The zero-order chi connectivity index (χ0) is 21.3. The molecule has 8 nitrogen and oxygen atoms in total. The summed E-state index contributed by atoms with van der Waals surface area (Å²) < 4.78 is 6.42. The molecule has 0 bridgehead atoms. The largest absolute Gasteiger partial charge is 0.497 e. The predicted molar refractivity (Wildman–Crippen MR) is 112 cm³/mol. The number of nitrogens with one attached hydrogen (secondary N) is 1. The van der Waals surface area contributed by atoms with Crippen LogP contribution in [0.25, 0.3) is 10.8 Å². The van der Waals surface area contributed by atoms with E-state index in [1.54, 1.807) is 55.5 Å². The number of nitrogens with zero attached hydrogens (tertiary/aromatic N) is 3. The lowest BCUT2D eigenvalue weighted by Crippen LogP contribution is -2.33. The molecule has 0 spiro atoms. The summed E-state index contributed by atoms with van der Waals surface area (Å²) in [6.07, 6.45) is 0.152. The topological polar surface area (TPSA) is 93.5 Å². The number of hydrogen-bond acceptors (Lipinski definition) is 5. The number of rotatable bonds is 5. The Morgan fingerprint density at radius 1 is 1.13 bits per heavy atom. The highest BCUT2D eigenvalue weighted by Gasteiger charge is 2.35. The molecule has 2 aromatic carbocycles. The molecule has 0 aliphatic carbocycles. The van der Waals surface area contributed by atoms with Gasteiger partial charge in [-0.3, -0.25) is 14.4 Å². The van der Waals surface area contributed by atoms with Crippen LogP contribution in [0.3, 0.4) is 0 Å². The lowest BCUT2D eigenvalue weighted by molar-refractivity contribution is -0.126. The summed E-state index contributed by atoms with van der Waals surface area (Å²) in [6, 6.07) is 14.4. The Morgan fingerprint density at radius 3 is 2.53 bits per heavy atom. The van der Waals surface area contributed by atoms with Gasteiger partial charge in [-0.1, -0.05) is 18.2 Å². The number of methoxy groups -OCH3 is 1. The molecule has 1 atom stereocenters. The summed E-state index contributed by atoms with van der Waals surface area (Å²) in [4.78, 5) is 39.0. The number of fused-ring (bicyclic) bond motifs is 1. The van der Waals surface area contributed by atoms with Crippen molar-refractivity contribution in [1.29, 1.82) is 0 Å². The Morgan fingerprint density at radius 2 is 1.83 bits per heavy atom. The van der Waals surface area contributed by atoms with Crippen molar-refractivity contribution >= 4 is 28.3 Å². The second-order valence-electron chi connectivity index (χ2n) is 7.24. The Kier molecular flexibility index (Phi) is 5.22. The van der Waals surface area contributed by atoms with Gasteiger partial charge in [0.25, 0.3) is 5.56 Å². The van der Waals surface area contributed by atoms with E-state index >= 15 is 0 Å². The maximum absolute atomic E-state index is 12.7. The van der Waals surface area contributed by atoms with Gasteiger partial charge in [-0.15, -0.1) is 0 Å². The van der Waals surface area contributed by atoms with Gasteiger partial charge in [-0.25, -0.2) is 4.68 Å². The van der Waals surface area contributed by atoms with Gasteiger partial charge in [0.15, 0.2) is 0 Å². The molecule has 4 rings (SSSR count). The van der Waals surface area contributed by atoms with Gasteiger partial charge in [-0.2, -0.15) is 5.10 Å². The lowest BCUT2D eigenvalue weighted by Gasteiger charge is -2.17. The molecule has 1 fully saturated rings. The summed E-state index contributed by atoms with van der Waals surface area (Å²) in [5.41, 5.74) is 1.16. The number of ether oxygens (including phenoxy) is 1. The van der Waals surface area contributed by atoms with E-state index in [4.69, 9.17) is 4.74 Å². The van der Waals surface area contributed by atoms with Crippen LogP contribution in [0.1, 0.15) is 12.1 Å². The number of amides is 2. The highest BCUT2D eigenvalue weighted by Crippen LogP contribution is 2.27. The molecular weight excluding hydrogens is 384 g/mol. The van der Waals surface area contributed by atoms with Crippen LogP contribution < -0.4 is 20.5 Å². The van der Waals surface area contributed by atoms with Crippen LogP contribution >= 0.6 is 0 Å². The first-order chi connectivity index (χ1) is 14.5. The third kappa shape index (κ3) is 3.63. The Labute approximate surface area is 173 Å². The van der Waals surface area contributed by atoms with Crippen LogP contribution in [0.4, 0.5) is 5.69 Å². The van der Waals surface area contributed by atoms with Gasteiger partial charge in [0.2, 0.25) is 11.8 Å². The minimum atomic E-state index is -0.446. The number of carbonyl (C=O) groups excluding carboxylic acids is 2. The summed E-state index contributed by atoms with van der Waals surface area (Å²) >= 11 is 0. The van der Waals surface area contributed by atoms with E-state index in [2.05, 4.69) is 10.4 Å². The first kappa shape index (κ1) is 19.6. The lowest BCUT2D eigenvalue weighted by atomic mass is 10.1. The molecule has 1 saturated heterocycles. The van der Waals surface area contributed by atoms with Crippen molar-refractivity contribution in [2.75, 3.05) is 18.6 Å². The summed E-state index contributed by atoms with van der Waals surface area (Å²) in [5, 5.41) is 8.44. The quantitative estimate of drug-likeness (QED) is 0.695. The maximum atomic E-state index is 12.7. The van der Waals surface area contributed by atoms with Gasteiger partial charge in [0.05, 0.1) is 30.7 Å². The molecule has 1 aromatic heterocycles. The van der Waals surface area contributed by atoms with Gasteiger partial charge in [-0.05, 0) is 30.3 Å². The molecule has 2 heterocycles. The molecule has 1 N–H and O–H groups in total. The van der Waals surface area contributed by atoms with Crippen LogP contribution in [0.5, 0.6) is 5.75 Å². The molecule has 1 unspecified atom stereocenters. The summed E-state index contributed by atoms with van der Waals surface area (Å²) in [6.45, 7) is 0.499. The second kappa shape index (κ2) is 7.98. The molecule has 0 radical (unpaired) electrons. The minimum Gasteiger partial charge on any atom is -0.497 e. The number of carbonyl (C=O) groups is 2. The van der Waals surface area contributed by atoms with E-state index in [0.29, 0.717) is 28.8 Å². The first-order valence-corrected chi connectivity index (χ1v) is 9.65. The molecule has 1 aliphatic rings. The zero-order valence-electron chi connectivity index (χ0n) is 16.8. The van der Waals surface area contributed by atoms with Crippen molar-refractivity contribution in [1.82, 2.24) is 15.1 Å². The van der Waals surface area contributed by atoms with Crippen molar-refractivity contribution in [3.63, 3.8) is 0 Å². The fourth-order valence-electron chi connectivity index (χ4n) is 3.72. The molecular formula is C22H22N4O4. The van der Waals surface area contributed by atoms with Crippen LogP contribution in [0.15, 0.2) is 53.3 Å². The Bertz CT molecular complexity index is 1170. The monoisotopic (exact) mass is 406 g/mol. The van der Waals surface area contributed by atoms with Crippen molar-refractivity contribution in [2.24, 2.45) is 13.0 Å². The average Bonchev–Trinajstić information content (AvgIpc) is 3.17. The average molecular weight is 406 g/mol. The fraction of sp³-hybridized carbons (Fsp3) is 0.273. The van der Waals surface area contributed by atoms with Crippen molar-refractivity contribution < 1.29 is 14.3 Å². The van der Waals surface area contributed by atoms with E-state index in [1.807, 2.05) is 12.1 Å². The van der Waals surface area contributed by atoms with Gasteiger partial charge in [0.1, 0.15) is 5.75 Å². The summed E-state index contributed by atoms with van der Waals surface area (Å²) in [7, 11) is 3.17.